The van der Waals surface area contributed by atoms with Crippen LogP contribution in [0.25, 0.3) is 0 Å². The number of hydrogen-bond acceptors (Lipinski definition) is 3. The van der Waals surface area contributed by atoms with Gasteiger partial charge < -0.3 is 10.6 Å². The Labute approximate surface area is 126 Å². The maximum absolute atomic E-state index is 12.5. The van der Waals surface area contributed by atoms with Crippen molar-refractivity contribution in [1.29, 1.82) is 0 Å². The van der Waals surface area contributed by atoms with E-state index in [1.807, 2.05) is 21.8 Å². The van der Waals surface area contributed by atoms with Gasteiger partial charge in [-0.25, -0.2) is 0 Å². The van der Waals surface area contributed by atoms with E-state index in [9.17, 15) is 4.79 Å². The fourth-order valence-corrected chi connectivity index (χ4v) is 2.65. The lowest BCUT2D eigenvalue weighted by Gasteiger charge is -2.35. The highest BCUT2D eigenvalue weighted by Crippen LogP contribution is 2.21. The number of aromatic nitrogens is 2. The van der Waals surface area contributed by atoms with Crippen molar-refractivity contribution in [3.05, 3.63) is 18.0 Å². The number of nitrogens with two attached hydrogens (primary N) is 1. The van der Waals surface area contributed by atoms with Crippen LogP contribution in [0.15, 0.2) is 12.3 Å². The predicted octanol–water partition coefficient (Wildman–Crippen LogP) is 2.23. The summed E-state index contributed by atoms with van der Waals surface area (Å²) in [5, 5.41) is 4.37. The second kappa shape index (κ2) is 7.64. The third-order valence-electron chi connectivity index (χ3n) is 3.74. The molecule has 1 saturated heterocycles. The molecule has 6 heteroatoms. The van der Waals surface area contributed by atoms with Gasteiger partial charge in [-0.1, -0.05) is 0 Å². The molecule has 1 atom stereocenters. The van der Waals surface area contributed by atoms with Crippen LogP contribution in [-0.4, -0.2) is 39.7 Å². The van der Waals surface area contributed by atoms with E-state index in [0.29, 0.717) is 12.2 Å². The average molecular weight is 301 g/mol. The van der Waals surface area contributed by atoms with Crippen LogP contribution >= 0.6 is 12.4 Å². The molecule has 1 aromatic rings. The quantitative estimate of drug-likeness (QED) is 0.927. The van der Waals surface area contributed by atoms with Crippen molar-refractivity contribution >= 4 is 18.3 Å². The summed E-state index contributed by atoms with van der Waals surface area (Å²) < 4.78 is 1.83. The highest BCUT2D eigenvalue weighted by molar-refractivity contribution is 5.92. The molecule has 1 unspecified atom stereocenters. The minimum atomic E-state index is 0. The maximum atomic E-state index is 12.5. The predicted molar refractivity (Wildman–Crippen MR) is 82.2 cm³/mol. The number of carbonyl (C=O) groups excluding carboxylic acids is 1. The summed E-state index contributed by atoms with van der Waals surface area (Å²) in [6.07, 6.45) is 6.09. The molecular weight excluding hydrogens is 276 g/mol. The van der Waals surface area contributed by atoms with Crippen molar-refractivity contribution in [2.45, 2.75) is 51.6 Å². The molecule has 0 spiro atoms. The number of halogens is 1. The minimum Gasteiger partial charge on any atom is -0.334 e. The molecule has 2 rings (SSSR count). The van der Waals surface area contributed by atoms with E-state index >= 15 is 0 Å². The minimum absolute atomic E-state index is 0. The number of hydrogen-bond donors (Lipinski definition) is 1. The van der Waals surface area contributed by atoms with Crippen LogP contribution in [0.4, 0.5) is 0 Å². The Morgan fingerprint density at radius 3 is 2.85 bits per heavy atom. The zero-order chi connectivity index (χ0) is 13.8. The van der Waals surface area contributed by atoms with E-state index < -0.39 is 0 Å². The first kappa shape index (κ1) is 17.0. The topological polar surface area (TPSA) is 64.2 Å². The van der Waals surface area contributed by atoms with Gasteiger partial charge in [0.15, 0.2) is 0 Å². The Kier molecular flexibility index (Phi) is 6.49. The second-order valence-corrected chi connectivity index (χ2v) is 5.50. The molecule has 1 aliphatic heterocycles. The van der Waals surface area contributed by atoms with Crippen molar-refractivity contribution < 1.29 is 4.79 Å². The molecule has 0 bridgehead atoms. The molecule has 1 fully saturated rings. The number of piperidine rings is 1. The van der Waals surface area contributed by atoms with Crippen molar-refractivity contribution in [3.63, 3.8) is 0 Å². The van der Waals surface area contributed by atoms with Crippen molar-refractivity contribution in [3.8, 4) is 0 Å². The van der Waals surface area contributed by atoms with Gasteiger partial charge in [-0.15, -0.1) is 12.4 Å². The van der Waals surface area contributed by atoms with Gasteiger partial charge in [-0.3, -0.25) is 9.48 Å². The second-order valence-electron chi connectivity index (χ2n) is 5.50. The number of amides is 1. The number of carbonyl (C=O) groups is 1. The molecule has 2 heterocycles. The first-order chi connectivity index (χ1) is 9.13. The van der Waals surface area contributed by atoms with Gasteiger partial charge in [0.05, 0.1) is 0 Å². The number of likely N-dealkylation sites (tertiary alicyclic amines) is 1. The lowest BCUT2D eigenvalue weighted by molar-refractivity contribution is 0.0598. The van der Waals surface area contributed by atoms with Crippen molar-refractivity contribution in [2.75, 3.05) is 13.1 Å². The summed E-state index contributed by atoms with van der Waals surface area (Å²) in [4.78, 5) is 14.5. The molecule has 0 saturated carbocycles. The van der Waals surface area contributed by atoms with E-state index in [1.165, 1.54) is 6.42 Å². The zero-order valence-electron chi connectivity index (χ0n) is 12.3. The van der Waals surface area contributed by atoms with E-state index in [-0.39, 0.29) is 30.4 Å². The molecular formula is C14H25ClN4O. The lowest BCUT2D eigenvalue weighted by atomic mass is 9.99. The van der Waals surface area contributed by atoms with Crippen LogP contribution in [0.5, 0.6) is 0 Å². The lowest BCUT2D eigenvalue weighted by Crippen LogP contribution is -2.44. The molecule has 0 aromatic carbocycles. The molecule has 1 aliphatic rings. The SMILES string of the molecule is CC(C)n1ccc(C(=O)N2CCCCC2CCN)n1.Cl. The fourth-order valence-electron chi connectivity index (χ4n) is 2.65. The summed E-state index contributed by atoms with van der Waals surface area (Å²) in [5.41, 5.74) is 6.20. The molecule has 2 N–H and O–H groups in total. The summed E-state index contributed by atoms with van der Waals surface area (Å²) in [6.45, 7) is 5.58. The van der Waals surface area contributed by atoms with Crippen molar-refractivity contribution in [1.82, 2.24) is 14.7 Å². The largest absolute Gasteiger partial charge is 0.334 e. The standard InChI is InChI=1S/C14H24N4O.ClH/c1-11(2)18-10-7-13(16-18)14(19)17-9-4-3-5-12(17)6-8-15;/h7,10-12H,3-6,8-9,15H2,1-2H3;1H. The van der Waals surface area contributed by atoms with Gasteiger partial charge in [0, 0.05) is 24.8 Å². The molecule has 114 valence electrons. The van der Waals surface area contributed by atoms with E-state index in [1.54, 1.807) is 0 Å². The third-order valence-corrected chi connectivity index (χ3v) is 3.74. The van der Waals surface area contributed by atoms with Gasteiger partial charge >= 0.3 is 0 Å². The van der Waals surface area contributed by atoms with E-state index in [2.05, 4.69) is 18.9 Å². The fraction of sp³-hybridized carbons (Fsp3) is 0.714. The average Bonchev–Trinajstić information content (AvgIpc) is 2.89. The first-order valence-electron chi connectivity index (χ1n) is 7.19. The Morgan fingerprint density at radius 1 is 1.50 bits per heavy atom. The van der Waals surface area contributed by atoms with Crippen LogP contribution < -0.4 is 5.73 Å². The molecule has 0 aliphatic carbocycles. The smallest absolute Gasteiger partial charge is 0.274 e. The number of nitrogens with zero attached hydrogens (tertiary/aromatic N) is 3. The first-order valence-corrected chi connectivity index (χ1v) is 7.19. The Hall–Kier alpha value is -1.07. The monoisotopic (exact) mass is 300 g/mol. The van der Waals surface area contributed by atoms with Gasteiger partial charge in [-0.2, -0.15) is 5.10 Å². The summed E-state index contributed by atoms with van der Waals surface area (Å²) in [6, 6.07) is 2.38. The highest BCUT2D eigenvalue weighted by atomic mass is 35.5. The van der Waals surface area contributed by atoms with Crippen LogP contribution in [0.2, 0.25) is 0 Å². The molecule has 0 radical (unpaired) electrons. The Morgan fingerprint density at radius 2 is 2.25 bits per heavy atom. The summed E-state index contributed by atoms with van der Waals surface area (Å²) in [7, 11) is 0. The maximum Gasteiger partial charge on any atom is 0.274 e. The highest BCUT2D eigenvalue weighted by Gasteiger charge is 2.28. The summed E-state index contributed by atoms with van der Waals surface area (Å²) in [5.74, 6) is 0.0533. The van der Waals surface area contributed by atoms with Gasteiger partial charge in [-0.05, 0) is 52.1 Å². The van der Waals surface area contributed by atoms with Gasteiger partial charge in [0.25, 0.3) is 5.91 Å². The molecule has 1 amide bonds. The van der Waals surface area contributed by atoms with Crippen molar-refractivity contribution in [2.24, 2.45) is 5.73 Å². The molecule has 1 aromatic heterocycles. The normalized spacial score (nSPS) is 19.0. The zero-order valence-corrected chi connectivity index (χ0v) is 13.1. The van der Waals surface area contributed by atoms with E-state index in [4.69, 9.17) is 5.73 Å². The Balaban J connectivity index is 0.00000200. The van der Waals surface area contributed by atoms with Gasteiger partial charge in [0.1, 0.15) is 5.69 Å². The summed E-state index contributed by atoms with van der Waals surface area (Å²) >= 11 is 0. The third kappa shape index (κ3) is 3.73. The van der Waals surface area contributed by atoms with Crippen LogP contribution in [0.1, 0.15) is 56.1 Å². The molecule has 5 nitrogen and oxygen atoms in total. The van der Waals surface area contributed by atoms with Crippen LogP contribution in [-0.2, 0) is 0 Å². The van der Waals surface area contributed by atoms with E-state index in [0.717, 1.165) is 25.8 Å². The van der Waals surface area contributed by atoms with Gasteiger partial charge in [0.2, 0.25) is 0 Å². The van der Waals surface area contributed by atoms with Crippen LogP contribution in [0.3, 0.4) is 0 Å². The Bertz CT molecular complexity index is 431. The molecule has 20 heavy (non-hydrogen) atoms. The number of rotatable bonds is 4. The van der Waals surface area contributed by atoms with Crippen LogP contribution in [0, 0.1) is 0 Å².